The zero-order valence-corrected chi connectivity index (χ0v) is 17.7. The number of benzene rings is 1. The molecule has 1 heterocycles. The maximum absolute atomic E-state index is 14.0. The molecule has 172 valence electrons. The van der Waals surface area contributed by atoms with Gasteiger partial charge in [0.15, 0.2) is 0 Å². The number of hydrogen-bond acceptors (Lipinski definition) is 5. The minimum absolute atomic E-state index is 0.0116. The maximum Gasteiger partial charge on any atom is 0.271 e. The van der Waals surface area contributed by atoms with Crippen molar-refractivity contribution in [3.63, 3.8) is 0 Å². The molecule has 0 aliphatic heterocycles. The van der Waals surface area contributed by atoms with E-state index in [9.17, 15) is 28.4 Å². The van der Waals surface area contributed by atoms with E-state index in [1.807, 2.05) is 6.92 Å². The second kappa shape index (κ2) is 12.5. The highest BCUT2D eigenvalue weighted by Gasteiger charge is 2.20. The van der Waals surface area contributed by atoms with Crippen LogP contribution >= 0.6 is 0 Å². The molecule has 0 saturated carbocycles. The zero-order chi connectivity index (χ0) is 23.5. The minimum Gasteiger partial charge on any atom is -0.338 e. The number of aromatic nitrogens is 1. The number of rotatable bonds is 12. The summed E-state index contributed by atoms with van der Waals surface area (Å²) >= 11 is 0. The third-order valence-electron chi connectivity index (χ3n) is 4.76. The summed E-state index contributed by atoms with van der Waals surface area (Å²) in [5.74, 6) is -3.17. The molecule has 1 atom stereocenters. The third-order valence-corrected chi connectivity index (χ3v) is 4.76. The van der Waals surface area contributed by atoms with E-state index in [2.05, 4.69) is 15.6 Å². The molecule has 0 fully saturated rings. The lowest BCUT2D eigenvalue weighted by Crippen LogP contribution is -2.43. The lowest BCUT2D eigenvalue weighted by Gasteiger charge is -2.19. The van der Waals surface area contributed by atoms with Gasteiger partial charge in [-0.05, 0) is 30.7 Å². The number of hydroxylamine groups is 2. The fourth-order valence-corrected chi connectivity index (χ4v) is 3.07. The second-order valence-corrected chi connectivity index (χ2v) is 7.18. The molecule has 0 saturated heterocycles. The van der Waals surface area contributed by atoms with Crippen LogP contribution in [-0.2, 0) is 9.59 Å². The van der Waals surface area contributed by atoms with Gasteiger partial charge < -0.3 is 10.6 Å². The number of nitrogens with one attached hydrogen (secondary N) is 2. The SMILES string of the molecule is CCCCC[C@H](CN(O)C=O)C(=O)NCNC(=O)c1cccc(-c2ccc(F)cc2F)n1. The second-order valence-electron chi connectivity index (χ2n) is 7.18. The molecule has 32 heavy (non-hydrogen) atoms. The summed E-state index contributed by atoms with van der Waals surface area (Å²) < 4.78 is 27.1. The summed E-state index contributed by atoms with van der Waals surface area (Å²) in [7, 11) is 0. The number of unbranched alkanes of at least 4 members (excludes halogenated alkanes) is 2. The molecule has 8 nitrogen and oxygen atoms in total. The molecule has 0 radical (unpaired) electrons. The Morgan fingerprint density at radius 3 is 2.66 bits per heavy atom. The third kappa shape index (κ3) is 7.38. The van der Waals surface area contributed by atoms with Crippen LogP contribution in [0, 0.1) is 17.6 Å². The van der Waals surface area contributed by atoms with E-state index < -0.39 is 29.4 Å². The molecule has 2 rings (SSSR count). The van der Waals surface area contributed by atoms with Gasteiger partial charge in [0, 0.05) is 11.6 Å². The summed E-state index contributed by atoms with van der Waals surface area (Å²) in [6, 6.07) is 7.48. The van der Waals surface area contributed by atoms with Crippen LogP contribution in [0.2, 0.25) is 0 Å². The molecule has 1 aromatic carbocycles. The van der Waals surface area contributed by atoms with Crippen molar-refractivity contribution in [2.75, 3.05) is 13.2 Å². The van der Waals surface area contributed by atoms with Gasteiger partial charge in [-0.3, -0.25) is 19.6 Å². The van der Waals surface area contributed by atoms with Gasteiger partial charge in [0.2, 0.25) is 12.3 Å². The highest BCUT2D eigenvalue weighted by atomic mass is 19.1. The number of amides is 3. The van der Waals surface area contributed by atoms with Gasteiger partial charge >= 0.3 is 0 Å². The average molecular weight is 448 g/mol. The molecule has 0 bridgehead atoms. The van der Waals surface area contributed by atoms with E-state index in [0.717, 1.165) is 31.4 Å². The van der Waals surface area contributed by atoms with Crippen molar-refractivity contribution in [2.45, 2.75) is 32.6 Å². The van der Waals surface area contributed by atoms with Crippen molar-refractivity contribution < 1.29 is 28.4 Å². The van der Waals surface area contributed by atoms with Crippen LogP contribution in [0.1, 0.15) is 43.1 Å². The molecule has 0 aliphatic carbocycles. The maximum atomic E-state index is 14.0. The Bertz CT molecular complexity index is 942. The van der Waals surface area contributed by atoms with Crippen LogP contribution < -0.4 is 10.6 Å². The Balaban J connectivity index is 1.96. The molecular formula is C22H26F2N4O4. The van der Waals surface area contributed by atoms with Crippen molar-refractivity contribution in [1.29, 1.82) is 0 Å². The molecule has 1 aromatic heterocycles. The van der Waals surface area contributed by atoms with Crippen molar-refractivity contribution in [3.05, 3.63) is 53.7 Å². The average Bonchev–Trinajstić information content (AvgIpc) is 2.78. The molecule has 2 aromatic rings. The first-order valence-corrected chi connectivity index (χ1v) is 10.2. The van der Waals surface area contributed by atoms with Crippen molar-refractivity contribution in [1.82, 2.24) is 20.7 Å². The van der Waals surface area contributed by atoms with Crippen LogP contribution in [0.3, 0.4) is 0 Å². The Morgan fingerprint density at radius 1 is 1.19 bits per heavy atom. The number of carbonyl (C=O) groups is 3. The Labute approximate surface area is 184 Å². The summed E-state index contributed by atoms with van der Waals surface area (Å²) in [6.07, 6.45) is 3.32. The predicted molar refractivity (Wildman–Crippen MR) is 112 cm³/mol. The molecule has 0 unspecified atom stereocenters. The van der Waals surface area contributed by atoms with E-state index >= 15 is 0 Å². The Kier molecular flexibility index (Phi) is 9.68. The fraction of sp³-hybridized carbons (Fsp3) is 0.364. The van der Waals surface area contributed by atoms with Crippen LogP contribution in [0.5, 0.6) is 0 Å². The van der Waals surface area contributed by atoms with E-state index in [4.69, 9.17) is 0 Å². The van der Waals surface area contributed by atoms with Crippen molar-refractivity contribution in [3.8, 4) is 11.3 Å². The smallest absolute Gasteiger partial charge is 0.271 e. The van der Waals surface area contributed by atoms with E-state index in [0.29, 0.717) is 11.5 Å². The van der Waals surface area contributed by atoms with Crippen LogP contribution in [0.15, 0.2) is 36.4 Å². The quantitative estimate of drug-likeness (QED) is 0.152. The van der Waals surface area contributed by atoms with E-state index in [1.165, 1.54) is 24.3 Å². The van der Waals surface area contributed by atoms with E-state index in [1.54, 1.807) is 0 Å². The largest absolute Gasteiger partial charge is 0.338 e. The van der Waals surface area contributed by atoms with Gasteiger partial charge in [-0.1, -0.05) is 32.3 Å². The normalized spacial score (nSPS) is 11.5. The fourth-order valence-electron chi connectivity index (χ4n) is 3.07. The first-order valence-electron chi connectivity index (χ1n) is 10.2. The van der Waals surface area contributed by atoms with Crippen molar-refractivity contribution in [2.24, 2.45) is 5.92 Å². The van der Waals surface area contributed by atoms with E-state index in [-0.39, 0.29) is 36.6 Å². The lowest BCUT2D eigenvalue weighted by molar-refractivity contribution is -0.154. The van der Waals surface area contributed by atoms with Gasteiger partial charge in [0.25, 0.3) is 5.91 Å². The molecule has 0 aliphatic rings. The summed E-state index contributed by atoms with van der Waals surface area (Å²) in [5.41, 5.74) is 0.197. The summed E-state index contributed by atoms with van der Waals surface area (Å²) in [6.45, 7) is 1.66. The van der Waals surface area contributed by atoms with Gasteiger partial charge in [-0.2, -0.15) is 0 Å². The standard InChI is InChI=1S/C22H26F2N4O4/c1-2-3-4-6-15(12-28(32)14-29)21(30)25-13-26-22(31)20-8-5-7-19(27-20)17-10-9-16(23)11-18(17)24/h5,7-11,14-15,32H,2-4,6,12-13H2,1H3,(H,25,30)(H,26,31)/t15-/m1/s1. The molecule has 10 heteroatoms. The first kappa shape index (κ1) is 24.9. The number of halogens is 2. The molecule has 3 amide bonds. The van der Waals surface area contributed by atoms with Crippen LogP contribution in [0.25, 0.3) is 11.3 Å². The zero-order valence-electron chi connectivity index (χ0n) is 17.7. The lowest BCUT2D eigenvalue weighted by atomic mass is 10.0. The van der Waals surface area contributed by atoms with Crippen LogP contribution in [0.4, 0.5) is 8.78 Å². The minimum atomic E-state index is -0.801. The Hall–Kier alpha value is -3.40. The topological polar surface area (TPSA) is 112 Å². The highest BCUT2D eigenvalue weighted by Crippen LogP contribution is 2.21. The van der Waals surface area contributed by atoms with Gasteiger partial charge in [0.05, 0.1) is 24.8 Å². The highest BCUT2D eigenvalue weighted by molar-refractivity contribution is 5.93. The van der Waals surface area contributed by atoms with Crippen molar-refractivity contribution >= 4 is 18.2 Å². The first-order chi connectivity index (χ1) is 15.3. The van der Waals surface area contributed by atoms with Crippen LogP contribution in [-0.4, -0.2) is 46.7 Å². The number of nitrogens with zero attached hydrogens (tertiary/aromatic N) is 2. The summed E-state index contributed by atoms with van der Waals surface area (Å²) in [4.78, 5) is 39.5. The van der Waals surface area contributed by atoms with Gasteiger partial charge in [-0.25, -0.2) is 18.8 Å². The number of pyridine rings is 1. The van der Waals surface area contributed by atoms with Gasteiger partial charge in [-0.15, -0.1) is 0 Å². The molecule has 0 spiro atoms. The summed E-state index contributed by atoms with van der Waals surface area (Å²) in [5, 5.41) is 14.9. The Morgan fingerprint density at radius 2 is 1.97 bits per heavy atom. The molecular weight excluding hydrogens is 422 g/mol. The predicted octanol–water partition coefficient (Wildman–Crippen LogP) is 2.87. The number of carbonyl (C=O) groups excluding carboxylic acids is 3. The monoisotopic (exact) mass is 448 g/mol. The number of hydrogen-bond donors (Lipinski definition) is 3. The molecule has 3 N–H and O–H groups in total. The van der Waals surface area contributed by atoms with Gasteiger partial charge in [0.1, 0.15) is 17.3 Å².